The molecular formula is C27H28N2O6. The molecule has 0 bridgehead atoms. The van der Waals surface area contributed by atoms with Crippen molar-refractivity contribution >= 4 is 22.7 Å². The lowest BCUT2D eigenvalue weighted by molar-refractivity contribution is -0.129. The molecule has 0 spiro atoms. The molecule has 1 aliphatic rings. The molecule has 1 N–H and O–H groups in total. The van der Waals surface area contributed by atoms with Crippen LogP contribution < -0.4 is 9.47 Å². The highest BCUT2D eigenvalue weighted by Crippen LogP contribution is 2.40. The molecule has 1 atom stereocenters. The number of hydrogen-bond acceptors (Lipinski definition) is 7. The molecule has 8 nitrogen and oxygen atoms in total. The van der Waals surface area contributed by atoms with E-state index in [9.17, 15) is 14.7 Å². The first-order chi connectivity index (χ1) is 16.8. The number of ketones is 1. The third-order valence-electron chi connectivity index (χ3n) is 5.85. The monoisotopic (exact) mass is 476 g/mol. The maximum atomic E-state index is 13.7. The van der Waals surface area contributed by atoms with E-state index >= 15 is 0 Å². The lowest BCUT2D eigenvalue weighted by atomic mass is 9.95. The summed E-state index contributed by atoms with van der Waals surface area (Å²) in [7, 11) is 5.30. The summed E-state index contributed by atoms with van der Waals surface area (Å²) in [6, 6.07) is 13.2. The topological polar surface area (TPSA) is 92.4 Å². The Labute approximate surface area is 203 Å². The number of carbonyl (C=O) groups excluding carboxylic acids is 2. The van der Waals surface area contributed by atoms with Gasteiger partial charge in [0.05, 0.1) is 18.7 Å². The van der Waals surface area contributed by atoms with Gasteiger partial charge in [-0.25, -0.2) is 0 Å². The molecule has 2 aromatic carbocycles. The number of likely N-dealkylation sites (N-methyl/N-ethyl adjacent to an activating group) is 1. The van der Waals surface area contributed by atoms with Crippen molar-refractivity contribution in [3.8, 4) is 11.5 Å². The van der Waals surface area contributed by atoms with Crippen LogP contribution in [0.25, 0.3) is 11.0 Å². The molecular weight excluding hydrogens is 448 g/mol. The number of para-hydroxylation sites is 1. The van der Waals surface area contributed by atoms with Gasteiger partial charge in [-0.1, -0.05) is 36.9 Å². The van der Waals surface area contributed by atoms with Crippen LogP contribution in [0.15, 0.2) is 76.9 Å². The Balaban J connectivity index is 1.75. The summed E-state index contributed by atoms with van der Waals surface area (Å²) < 4.78 is 16.7. The predicted octanol–water partition coefficient (Wildman–Crippen LogP) is 4.15. The highest BCUT2D eigenvalue weighted by atomic mass is 16.5. The summed E-state index contributed by atoms with van der Waals surface area (Å²) in [5.41, 5.74) is 1.07. The van der Waals surface area contributed by atoms with Gasteiger partial charge < -0.3 is 28.8 Å². The van der Waals surface area contributed by atoms with Crippen molar-refractivity contribution in [1.82, 2.24) is 9.80 Å². The Hall–Kier alpha value is -4.04. The van der Waals surface area contributed by atoms with E-state index in [2.05, 4.69) is 6.58 Å². The molecule has 2 heterocycles. The van der Waals surface area contributed by atoms with E-state index in [0.29, 0.717) is 47.7 Å². The first-order valence-corrected chi connectivity index (χ1v) is 11.2. The Bertz CT molecular complexity index is 1290. The summed E-state index contributed by atoms with van der Waals surface area (Å²) in [5.74, 6) is -0.591. The predicted molar refractivity (Wildman–Crippen MR) is 132 cm³/mol. The molecule has 1 aromatic heterocycles. The number of Topliss-reactive ketones (excluding diaryl/α,β-unsaturated/α-hetero) is 1. The SMILES string of the molecule is C=CCOc1ccc(C2C(C(=O)c3cc4cccc(OC)c4o3)=C(O)C(=O)N2CCN(C)C)cc1. The van der Waals surface area contributed by atoms with Gasteiger partial charge in [-0.15, -0.1) is 0 Å². The number of ether oxygens (including phenoxy) is 2. The van der Waals surface area contributed by atoms with E-state index in [0.717, 1.165) is 0 Å². The Kier molecular flexibility index (Phi) is 6.93. The molecule has 0 radical (unpaired) electrons. The van der Waals surface area contributed by atoms with Gasteiger partial charge in [0.1, 0.15) is 12.4 Å². The van der Waals surface area contributed by atoms with E-state index in [1.807, 2.05) is 19.0 Å². The van der Waals surface area contributed by atoms with Crippen LogP contribution in [0.5, 0.6) is 11.5 Å². The fraction of sp³-hybridized carbons (Fsp3) is 0.259. The highest BCUT2D eigenvalue weighted by Gasteiger charge is 2.44. The van der Waals surface area contributed by atoms with Crippen molar-refractivity contribution in [3.05, 3.63) is 83.8 Å². The number of carbonyl (C=O) groups is 2. The maximum Gasteiger partial charge on any atom is 0.290 e. The number of amides is 1. The van der Waals surface area contributed by atoms with E-state index in [-0.39, 0.29) is 11.3 Å². The molecule has 1 unspecified atom stereocenters. The first-order valence-electron chi connectivity index (χ1n) is 11.2. The normalized spacial score (nSPS) is 15.8. The molecule has 0 fully saturated rings. The number of fused-ring (bicyclic) bond motifs is 1. The van der Waals surface area contributed by atoms with E-state index in [4.69, 9.17) is 13.9 Å². The molecule has 3 aromatic rings. The number of methoxy groups -OCH3 is 1. The zero-order chi connectivity index (χ0) is 25.1. The average Bonchev–Trinajstić information content (AvgIpc) is 3.40. The second kappa shape index (κ2) is 10.1. The molecule has 1 aliphatic heterocycles. The summed E-state index contributed by atoms with van der Waals surface area (Å²) in [6.45, 7) is 4.87. The van der Waals surface area contributed by atoms with Crippen LogP contribution in [0.1, 0.15) is 22.2 Å². The Morgan fingerprint density at radius 2 is 1.97 bits per heavy atom. The minimum absolute atomic E-state index is 0.0178. The van der Waals surface area contributed by atoms with Crippen molar-refractivity contribution in [2.24, 2.45) is 0 Å². The summed E-state index contributed by atoms with van der Waals surface area (Å²) >= 11 is 0. The largest absolute Gasteiger partial charge is 0.503 e. The second-order valence-electron chi connectivity index (χ2n) is 8.45. The first kappa shape index (κ1) is 24.1. The van der Waals surface area contributed by atoms with Gasteiger partial charge in [-0.2, -0.15) is 0 Å². The van der Waals surface area contributed by atoms with E-state index < -0.39 is 23.5 Å². The van der Waals surface area contributed by atoms with Crippen molar-refractivity contribution in [3.63, 3.8) is 0 Å². The molecule has 0 aliphatic carbocycles. The Morgan fingerprint density at radius 3 is 2.63 bits per heavy atom. The number of furan rings is 1. The van der Waals surface area contributed by atoms with Gasteiger partial charge in [0.15, 0.2) is 22.9 Å². The molecule has 35 heavy (non-hydrogen) atoms. The highest BCUT2D eigenvalue weighted by molar-refractivity contribution is 6.16. The fourth-order valence-electron chi connectivity index (χ4n) is 4.11. The van der Waals surface area contributed by atoms with Crippen molar-refractivity contribution < 1.29 is 28.6 Å². The van der Waals surface area contributed by atoms with Gasteiger partial charge in [0.2, 0.25) is 5.78 Å². The van der Waals surface area contributed by atoms with Gasteiger partial charge in [-0.05, 0) is 43.9 Å². The minimum atomic E-state index is -0.779. The van der Waals surface area contributed by atoms with Crippen LogP contribution in [-0.2, 0) is 4.79 Å². The van der Waals surface area contributed by atoms with Gasteiger partial charge >= 0.3 is 0 Å². The van der Waals surface area contributed by atoms with Crippen LogP contribution in [0, 0.1) is 0 Å². The maximum absolute atomic E-state index is 13.7. The summed E-state index contributed by atoms with van der Waals surface area (Å²) in [5, 5.41) is 11.5. The quantitative estimate of drug-likeness (QED) is 0.347. The number of aliphatic hydroxyl groups is 1. The van der Waals surface area contributed by atoms with Crippen molar-refractivity contribution in [2.45, 2.75) is 6.04 Å². The van der Waals surface area contributed by atoms with Gasteiger partial charge in [0, 0.05) is 18.5 Å². The van der Waals surface area contributed by atoms with Crippen LogP contribution >= 0.6 is 0 Å². The molecule has 1 amide bonds. The fourth-order valence-corrected chi connectivity index (χ4v) is 4.11. The second-order valence-corrected chi connectivity index (χ2v) is 8.45. The van der Waals surface area contributed by atoms with Crippen molar-refractivity contribution in [2.75, 3.05) is 40.9 Å². The smallest absolute Gasteiger partial charge is 0.290 e. The number of rotatable bonds is 10. The standard InChI is InChI=1S/C27H28N2O6/c1-5-15-34-19-11-9-17(10-12-19)23-22(25(31)27(32)29(23)14-13-28(2)3)24(30)21-16-18-7-6-8-20(33-4)26(18)35-21/h5-12,16,23,31H,1,13-15H2,2-4H3. The Morgan fingerprint density at radius 1 is 1.23 bits per heavy atom. The molecule has 182 valence electrons. The van der Waals surface area contributed by atoms with Crippen LogP contribution in [0.3, 0.4) is 0 Å². The number of nitrogens with zero attached hydrogens (tertiary/aromatic N) is 2. The zero-order valence-electron chi connectivity index (χ0n) is 20.0. The molecule has 4 rings (SSSR count). The van der Waals surface area contributed by atoms with Gasteiger partial charge in [0.25, 0.3) is 5.91 Å². The van der Waals surface area contributed by atoms with Crippen molar-refractivity contribution in [1.29, 1.82) is 0 Å². The molecule has 8 heteroatoms. The lowest BCUT2D eigenvalue weighted by Gasteiger charge is -2.28. The third-order valence-corrected chi connectivity index (χ3v) is 5.85. The summed E-state index contributed by atoms with van der Waals surface area (Å²) in [6.07, 6.45) is 1.65. The number of hydrogen-bond donors (Lipinski definition) is 1. The van der Waals surface area contributed by atoms with Crippen LogP contribution in [0.2, 0.25) is 0 Å². The lowest BCUT2D eigenvalue weighted by Crippen LogP contribution is -2.36. The van der Waals surface area contributed by atoms with Gasteiger partial charge in [-0.3, -0.25) is 9.59 Å². The third kappa shape index (κ3) is 4.65. The van der Waals surface area contributed by atoms with E-state index in [1.165, 1.54) is 12.0 Å². The number of benzene rings is 2. The summed E-state index contributed by atoms with van der Waals surface area (Å²) in [4.78, 5) is 30.2. The molecule has 0 saturated heterocycles. The average molecular weight is 477 g/mol. The van der Waals surface area contributed by atoms with Crippen LogP contribution in [0.4, 0.5) is 0 Å². The van der Waals surface area contributed by atoms with Crippen LogP contribution in [-0.4, -0.2) is 67.5 Å². The zero-order valence-corrected chi connectivity index (χ0v) is 20.0. The minimum Gasteiger partial charge on any atom is -0.503 e. The molecule has 0 saturated carbocycles. The number of aliphatic hydroxyl groups excluding tert-OH is 1. The van der Waals surface area contributed by atoms with E-state index in [1.54, 1.807) is 54.6 Å².